The second-order valence-corrected chi connectivity index (χ2v) is 13.8. The fraction of sp³-hybridized carbons (Fsp3) is 0.394. The molecule has 10 heteroatoms. The third-order valence-corrected chi connectivity index (χ3v) is 10.4. The smallest absolute Gasteiger partial charge is 0.264 e. The molecule has 0 spiro atoms. The normalized spacial score (nSPS) is 14.6. The highest BCUT2D eigenvalue weighted by Gasteiger charge is 2.35. The molecule has 1 aliphatic rings. The number of carbonyl (C=O) groups is 2. The molecule has 7 nitrogen and oxygen atoms in total. The van der Waals surface area contributed by atoms with E-state index in [0.29, 0.717) is 33.3 Å². The van der Waals surface area contributed by atoms with Crippen molar-refractivity contribution in [3.8, 4) is 0 Å². The van der Waals surface area contributed by atoms with E-state index in [1.54, 1.807) is 42.5 Å². The van der Waals surface area contributed by atoms with Gasteiger partial charge in [0, 0.05) is 12.6 Å². The van der Waals surface area contributed by atoms with Gasteiger partial charge in [-0.25, -0.2) is 8.42 Å². The van der Waals surface area contributed by atoms with Gasteiger partial charge >= 0.3 is 0 Å². The van der Waals surface area contributed by atoms with Gasteiger partial charge in [-0.3, -0.25) is 13.9 Å². The number of amides is 2. The molecule has 0 heterocycles. The Kier molecular flexibility index (Phi) is 11.2. The highest BCUT2D eigenvalue weighted by Crippen LogP contribution is 2.29. The monoisotopic (exact) mass is 643 g/mol. The maximum Gasteiger partial charge on any atom is 0.264 e. The molecule has 1 atom stereocenters. The number of hydrogen-bond donors (Lipinski definition) is 1. The highest BCUT2D eigenvalue weighted by molar-refractivity contribution is 7.92. The van der Waals surface area contributed by atoms with Crippen LogP contribution in [0.5, 0.6) is 0 Å². The fourth-order valence-electron chi connectivity index (χ4n) is 5.62. The quantitative estimate of drug-likeness (QED) is 0.242. The summed E-state index contributed by atoms with van der Waals surface area (Å²) in [6, 6.07) is 17.8. The van der Waals surface area contributed by atoms with Crippen molar-refractivity contribution in [1.29, 1.82) is 0 Å². The summed E-state index contributed by atoms with van der Waals surface area (Å²) in [6.07, 6.45) is 5.40. The summed E-state index contributed by atoms with van der Waals surface area (Å²) in [5, 5.41) is 3.86. The van der Waals surface area contributed by atoms with Crippen LogP contribution in [0.4, 0.5) is 5.69 Å². The maximum absolute atomic E-state index is 14.3. The molecular formula is C33H39Cl2N3O4S. The van der Waals surface area contributed by atoms with Crippen LogP contribution in [0.15, 0.2) is 71.6 Å². The summed E-state index contributed by atoms with van der Waals surface area (Å²) < 4.78 is 29.2. The van der Waals surface area contributed by atoms with Gasteiger partial charge in [0.1, 0.15) is 12.6 Å². The van der Waals surface area contributed by atoms with Crippen LogP contribution in [-0.4, -0.2) is 43.8 Å². The van der Waals surface area contributed by atoms with Gasteiger partial charge in [-0.1, -0.05) is 91.3 Å². The Balaban J connectivity index is 1.73. The van der Waals surface area contributed by atoms with Gasteiger partial charge < -0.3 is 10.2 Å². The van der Waals surface area contributed by atoms with E-state index in [-0.39, 0.29) is 23.4 Å². The Bertz CT molecular complexity index is 1540. The topological polar surface area (TPSA) is 86.8 Å². The van der Waals surface area contributed by atoms with E-state index in [1.807, 2.05) is 32.9 Å². The van der Waals surface area contributed by atoms with E-state index in [1.165, 1.54) is 17.0 Å². The van der Waals surface area contributed by atoms with E-state index in [9.17, 15) is 18.0 Å². The number of sulfonamides is 1. The van der Waals surface area contributed by atoms with Crippen LogP contribution >= 0.6 is 23.2 Å². The molecule has 1 aliphatic carbocycles. The molecule has 0 radical (unpaired) electrons. The molecule has 4 rings (SSSR count). The van der Waals surface area contributed by atoms with Crippen molar-refractivity contribution in [3.05, 3.63) is 93.5 Å². The third-order valence-electron chi connectivity index (χ3n) is 7.91. The van der Waals surface area contributed by atoms with Crippen molar-refractivity contribution in [2.75, 3.05) is 10.8 Å². The van der Waals surface area contributed by atoms with Gasteiger partial charge in [-0.2, -0.15) is 0 Å². The Morgan fingerprint density at radius 3 is 2.26 bits per heavy atom. The van der Waals surface area contributed by atoms with E-state index in [4.69, 9.17) is 23.2 Å². The first-order valence-electron chi connectivity index (χ1n) is 14.7. The first-order valence-corrected chi connectivity index (χ1v) is 16.9. The Morgan fingerprint density at radius 2 is 1.63 bits per heavy atom. The number of carbonyl (C=O) groups excluding carboxylic acids is 2. The van der Waals surface area contributed by atoms with Crippen LogP contribution in [0.3, 0.4) is 0 Å². The van der Waals surface area contributed by atoms with Crippen molar-refractivity contribution < 1.29 is 18.0 Å². The summed E-state index contributed by atoms with van der Waals surface area (Å²) in [4.78, 5) is 29.5. The number of rotatable bonds is 11. The van der Waals surface area contributed by atoms with E-state index < -0.39 is 28.5 Å². The molecule has 0 bridgehead atoms. The second-order valence-electron chi connectivity index (χ2n) is 11.2. The average molecular weight is 645 g/mol. The summed E-state index contributed by atoms with van der Waals surface area (Å²) in [7, 11) is -4.13. The van der Waals surface area contributed by atoms with Gasteiger partial charge in [0.25, 0.3) is 10.0 Å². The lowest BCUT2D eigenvalue weighted by Crippen LogP contribution is -2.54. The first kappa shape index (κ1) is 32.8. The van der Waals surface area contributed by atoms with Crippen molar-refractivity contribution in [3.63, 3.8) is 0 Å². The Hall–Kier alpha value is -3.07. The minimum Gasteiger partial charge on any atom is -0.352 e. The molecule has 0 aromatic heterocycles. The van der Waals surface area contributed by atoms with Gasteiger partial charge in [0.2, 0.25) is 11.8 Å². The standard InChI is InChI=1S/C33H39Cl2N3O4S/c1-4-30(33(40)36-26-11-7-5-8-12-26)37(21-25-16-17-28(34)29(35)20-25)32(39)22-38(31-18-15-23(2)19-24(31)3)43(41,42)27-13-9-6-10-14-27/h6,9-10,13-20,26,30H,4-5,7-8,11-12,21-22H2,1-3H3,(H,36,40)/t30-/m1/s1. The van der Waals surface area contributed by atoms with Gasteiger partial charge in [0.05, 0.1) is 20.6 Å². The maximum atomic E-state index is 14.3. The summed E-state index contributed by atoms with van der Waals surface area (Å²) in [6.45, 7) is 5.16. The van der Waals surface area contributed by atoms with Crippen LogP contribution < -0.4 is 9.62 Å². The lowest BCUT2D eigenvalue weighted by Gasteiger charge is -2.35. The SMILES string of the molecule is CC[C@H](C(=O)NC1CCCCC1)N(Cc1ccc(Cl)c(Cl)c1)C(=O)CN(c1ccc(C)cc1C)S(=O)(=O)c1ccccc1. The molecular weight excluding hydrogens is 605 g/mol. The van der Waals surface area contributed by atoms with Crippen LogP contribution in [0, 0.1) is 13.8 Å². The fourth-order valence-corrected chi connectivity index (χ4v) is 7.44. The zero-order valence-electron chi connectivity index (χ0n) is 24.9. The first-order chi connectivity index (χ1) is 20.5. The third kappa shape index (κ3) is 8.11. The largest absolute Gasteiger partial charge is 0.352 e. The van der Waals surface area contributed by atoms with Gasteiger partial charge in [-0.15, -0.1) is 0 Å². The average Bonchev–Trinajstić information content (AvgIpc) is 2.98. The predicted molar refractivity (Wildman–Crippen MR) is 173 cm³/mol. The van der Waals surface area contributed by atoms with Crippen LogP contribution in [-0.2, 0) is 26.2 Å². The highest BCUT2D eigenvalue weighted by atomic mass is 35.5. The molecule has 0 unspecified atom stereocenters. The van der Waals surface area contributed by atoms with E-state index in [2.05, 4.69) is 5.32 Å². The Labute approximate surface area is 265 Å². The summed E-state index contributed by atoms with van der Waals surface area (Å²) in [5.74, 6) is -0.747. The zero-order chi connectivity index (χ0) is 31.1. The van der Waals surface area contributed by atoms with Gasteiger partial charge in [-0.05, 0) is 74.6 Å². The van der Waals surface area contributed by atoms with E-state index in [0.717, 1.165) is 42.0 Å². The van der Waals surface area contributed by atoms with Crippen LogP contribution in [0.25, 0.3) is 0 Å². The second kappa shape index (κ2) is 14.6. The molecule has 1 fully saturated rings. The minimum atomic E-state index is -4.13. The molecule has 0 saturated heterocycles. The lowest BCUT2D eigenvalue weighted by atomic mass is 9.95. The number of nitrogens with one attached hydrogen (secondary N) is 1. The van der Waals surface area contributed by atoms with Crippen LogP contribution in [0.1, 0.15) is 62.1 Å². The van der Waals surface area contributed by atoms with E-state index >= 15 is 0 Å². The molecule has 230 valence electrons. The number of hydrogen-bond acceptors (Lipinski definition) is 4. The van der Waals surface area contributed by atoms with Crippen molar-refractivity contribution in [2.45, 2.75) is 82.8 Å². The minimum absolute atomic E-state index is 0.0540. The van der Waals surface area contributed by atoms with Crippen molar-refractivity contribution in [1.82, 2.24) is 10.2 Å². The number of benzene rings is 3. The van der Waals surface area contributed by atoms with Crippen molar-refractivity contribution >= 4 is 50.7 Å². The Morgan fingerprint density at radius 1 is 0.930 bits per heavy atom. The van der Waals surface area contributed by atoms with Gasteiger partial charge in [0.15, 0.2) is 0 Å². The van der Waals surface area contributed by atoms with Crippen molar-refractivity contribution in [2.24, 2.45) is 0 Å². The summed E-state index contributed by atoms with van der Waals surface area (Å²) in [5.41, 5.74) is 2.76. The number of aryl methyl sites for hydroxylation is 2. The molecule has 3 aromatic carbocycles. The molecule has 43 heavy (non-hydrogen) atoms. The molecule has 0 aliphatic heterocycles. The molecule has 2 amide bonds. The lowest BCUT2D eigenvalue weighted by molar-refractivity contribution is -0.140. The van der Waals surface area contributed by atoms with Crippen LogP contribution in [0.2, 0.25) is 10.0 Å². The molecule has 3 aromatic rings. The molecule has 1 saturated carbocycles. The zero-order valence-corrected chi connectivity index (χ0v) is 27.2. The number of nitrogens with zero attached hydrogens (tertiary/aromatic N) is 2. The molecule has 1 N–H and O–H groups in total. The number of anilines is 1. The number of halogens is 2. The predicted octanol–water partition coefficient (Wildman–Crippen LogP) is 7.06. The summed E-state index contributed by atoms with van der Waals surface area (Å²) >= 11 is 12.5.